The fourth-order valence-corrected chi connectivity index (χ4v) is 18.7. The van der Waals surface area contributed by atoms with Crippen LogP contribution in [0.2, 0.25) is 10.0 Å². The number of halogens is 2. The van der Waals surface area contributed by atoms with Crippen molar-refractivity contribution in [1.82, 2.24) is 28.0 Å². The minimum atomic E-state index is -4.28. The summed E-state index contributed by atoms with van der Waals surface area (Å²) in [6.07, 6.45) is 19.7. The molecule has 0 radical (unpaired) electrons. The van der Waals surface area contributed by atoms with Crippen LogP contribution in [-0.4, -0.2) is 121 Å². The molecule has 0 saturated heterocycles. The summed E-state index contributed by atoms with van der Waals surface area (Å²) in [5, 5.41) is 24.1. The van der Waals surface area contributed by atoms with Gasteiger partial charge in [0.05, 0.1) is 61.3 Å². The molecule has 18 nitrogen and oxygen atoms in total. The lowest BCUT2D eigenvalue weighted by Gasteiger charge is -2.45. The lowest BCUT2D eigenvalue weighted by atomic mass is 9.68. The van der Waals surface area contributed by atoms with Crippen LogP contribution in [0.25, 0.3) is 0 Å². The molecule has 4 aliphatic carbocycles. The summed E-state index contributed by atoms with van der Waals surface area (Å²) in [4.78, 5) is 40.7. The van der Waals surface area contributed by atoms with Crippen LogP contribution < -0.4 is 28.7 Å². The smallest absolute Gasteiger partial charge is 0.304 e. The van der Waals surface area contributed by atoms with Crippen LogP contribution in [0.15, 0.2) is 146 Å². The number of nitrogens with zero attached hydrogens (tertiary/aromatic N) is 6. The Morgan fingerprint density at radius 1 is 0.574 bits per heavy atom. The molecule has 2 fully saturated rings. The number of anilines is 2. The van der Waals surface area contributed by atoms with Gasteiger partial charge in [-0.3, -0.25) is 19.6 Å². The van der Waals surface area contributed by atoms with E-state index in [4.69, 9.17) is 32.7 Å². The first-order valence-corrected chi connectivity index (χ1v) is 36.7. The fraction of sp³-hybridized carbons (Fsp3) is 0.444. The van der Waals surface area contributed by atoms with Crippen LogP contribution in [0.3, 0.4) is 0 Å². The topological polar surface area (TPSA) is 224 Å². The average Bonchev–Trinajstić information content (AvgIpc) is 1.49. The molecule has 4 aliphatic heterocycles. The molecule has 4 N–H and O–H groups in total. The molecule has 2 spiro atoms. The Hall–Kier alpha value is -6.88. The van der Waals surface area contributed by atoms with E-state index in [1.807, 2.05) is 36.4 Å². The lowest BCUT2D eigenvalue weighted by molar-refractivity contribution is 0.0454. The molecule has 22 heteroatoms. The number of amides is 2. The minimum Gasteiger partial charge on any atom is -0.490 e. The molecule has 4 aromatic carbocycles. The third-order valence-electron chi connectivity index (χ3n) is 21.1. The highest BCUT2D eigenvalue weighted by Crippen LogP contribution is 2.49. The van der Waals surface area contributed by atoms with Crippen LogP contribution in [0, 0.1) is 23.7 Å². The first kappa shape index (κ1) is 65.8. The molecule has 496 valence electrons. The minimum absolute atomic E-state index is 0.00765. The maximum absolute atomic E-state index is 13.8. The quantitative estimate of drug-likeness (QED) is 0.121. The number of hydrogen-bond donors (Lipinski definition) is 4. The third kappa shape index (κ3) is 13.8. The number of carbonyl (C=O) groups excluding carboxylic acids is 2. The molecule has 8 aliphatic rings. The molecule has 94 heavy (non-hydrogen) atoms. The Morgan fingerprint density at radius 3 is 1.40 bits per heavy atom. The molecule has 6 aromatic rings. The molecule has 2 aromatic heterocycles. The molecule has 0 unspecified atom stereocenters. The molecule has 2 saturated carbocycles. The number of aromatic nitrogens is 2. The van der Waals surface area contributed by atoms with E-state index in [9.17, 15) is 36.6 Å². The van der Waals surface area contributed by atoms with Gasteiger partial charge in [0.1, 0.15) is 11.5 Å². The maximum Gasteiger partial charge on any atom is 0.304 e. The summed E-state index contributed by atoms with van der Waals surface area (Å²) in [5.74, 6) is 0.551. The van der Waals surface area contributed by atoms with E-state index in [1.165, 1.54) is 30.9 Å². The van der Waals surface area contributed by atoms with Crippen molar-refractivity contribution >= 4 is 66.8 Å². The van der Waals surface area contributed by atoms with Crippen molar-refractivity contribution in [1.29, 1.82) is 0 Å². The number of rotatable bonds is 4. The summed E-state index contributed by atoms with van der Waals surface area (Å²) in [5.41, 5.74) is 7.49. The SMILES string of the molecule is C[C@H]1C/C=C/[C@H](O)[C@@H]2CC[C@H]2CN2C[C@@]3(CCCc4cc(Cl)ccc43)COc3ccc(cc32)C(=O)NS(=O)(=O)N1Cc1ccccn1.C[C@H]1C/C=C\[C@@H](O)[C@@H]2CC[C@H]2CN2C[C@@]3(CCCc4cc(Cl)ccc43)COc3ccc(cc32)C(=O)NS(=O)(=O)N1Cc1ccccn1. The van der Waals surface area contributed by atoms with Gasteiger partial charge in [-0.15, -0.1) is 0 Å². The maximum atomic E-state index is 13.8. The van der Waals surface area contributed by atoms with Gasteiger partial charge in [0.25, 0.3) is 11.8 Å². The Bertz CT molecular complexity index is 3830. The van der Waals surface area contributed by atoms with Gasteiger partial charge in [0.2, 0.25) is 0 Å². The van der Waals surface area contributed by atoms with Crippen LogP contribution >= 0.6 is 23.2 Å². The van der Waals surface area contributed by atoms with E-state index >= 15 is 0 Å². The lowest BCUT2D eigenvalue weighted by Crippen LogP contribution is -2.49. The van der Waals surface area contributed by atoms with E-state index in [0.29, 0.717) is 75.1 Å². The van der Waals surface area contributed by atoms with Gasteiger partial charge < -0.3 is 29.5 Å². The van der Waals surface area contributed by atoms with Gasteiger partial charge in [0, 0.05) is 82.7 Å². The number of pyridine rings is 2. The molecule has 2 amide bonds. The predicted molar refractivity (Wildman–Crippen MR) is 364 cm³/mol. The third-order valence-corrected chi connectivity index (χ3v) is 24.7. The second kappa shape index (κ2) is 27.3. The van der Waals surface area contributed by atoms with E-state index in [2.05, 4.69) is 53.5 Å². The van der Waals surface area contributed by atoms with Gasteiger partial charge in [-0.1, -0.05) is 71.8 Å². The number of aliphatic hydroxyl groups excluding tert-OH is 2. The zero-order valence-corrected chi connectivity index (χ0v) is 56.2. The van der Waals surface area contributed by atoms with Gasteiger partial charge in [-0.05, 0) is 222 Å². The van der Waals surface area contributed by atoms with Crippen LogP contribution in [-0.2, 0) is 57.2 Å². The van der Waals surface area contributed by atoms with E-state index in [-0.39, 0.29) is 58.7 Å². The molecular formula is C72H82Cl2N8O10S2. The molecule has 10 atom stereocenters. The average molecular weight is 1350 g/mol. The number of nitrogens with one attached hydrogen (secondary N) is 2. The first-order valence-electron chi connectivity index (χ1n) is 33.0. The van der Waals surface area contributed by atoms with Crippen LogP contribution in [0.5, 0.6) is 11.5 Å². The van der Waals surface area contributed by atoms with Crippen molar-refractivity contribution in [2.75, 3.05) is 49.2 Å². The van der Waals surface area contributed by atoms with Crippen LogP contribution in [0.1, 0.15) is 132 Å². The number of carbonyl (C=O) groups is 2. The molecular weight excluding hydrogens is 1270 g/mol. The van der Waals surface area contributed by atoms with E-state index < -0.39 is 56.5 Å². The number of aliphatic hydroxyl groups is 2. The van der Waals surface area contributed by atoms with Crippen LogP contribution in [0.4, 0.5) is 11.4 Å². The second-order valence-electron chi connectivity index (χ2n) is 27.2. The van der Waals surface area contributed by atoms with Crippen molar-refractivity contribution in [3.05, 3.63) is 201 Å². The van der Waals surface area contributed by atoms with Crippen molar-refractivity contribution in [2.24, 2.45) is 23.7 Å². The van der Waals surface area contributed by atoms with E-state index in [0.717, 1.165) is 85.6 Å². The zero-order valence-electron chi connectivity index (χ0n) is 53.0. The van der Waals surface area contributed by atoms with Gasteiger partial charge >= 0.3 is 20.4 Å². The standard InChI is InChI=1S/2C36H41ClN4O5S/c2*1-24-6-4-9-33(42)30-13-10-27(30)20-40-22-36(16-5-7-25-18-28(37)12-14-31(25)36)23-46-34-15-11-26(19-32(34)40)35(43)39-47(44,45)41(24)21-29-8-2-3-17-38-29/h2*2-4,8-9,11-12,14-15,17-19,24,27,30,33,42H,5-7,10,13,16,20-23H2,1H3,(H,39,43)/b9-4+;9-4-/t24-,27-,30+,33-,36-;24-,27-,30+,33+,36-/m00/s1. The van der Waals surface area contributed by atoms with Gasteiger partial charge in [-0.2, -0.15) is 25.4 Å². The number of benzene rings is 4. The molecule has 14 rings (SSSR count). The van der Waals surface area contributed by atoms with Crippen molar-refractivity contribution < 1.29 is 46.1 Å². The highest BCUT2D eigenvalue weighted by molar-refractivity contribution is 7.88. The molecule has 6 heterocycles. The largest absolute Gasteiger partial charge is 0.490 e. The zero-order chi connectivity index (χ0) is 65.5. The second-order valence-corrected chi connectivity index (χ2v) is 31.3. The first-order chi connectivity index (χ1) is 45.2. The van der Waals surface area contributed by atoms with Crippen molar-refractivity contribution in [3.63, 3.8) is 0 Å². The summed E-state index contributed by atoms with van der Waals surface area (Å²) in [6.45, 7) is 7.24. The normalized spacial score (nSPS) is 29.8. The summed E-state index contributed by atoms with van der Waals surface area (Å²) < 4.78 is 75.6. The monoisotopic (exact) mass is 1350 g/mol. The van der Waals surface area contributed by atoms with E-state index in [1.54, 1.807) is 99.0 Å². The predicted octanol–water partition coefficient (Wildman–Crippen LogP) is 10.8. The summed E-state index contributed by atoms with van der Waals surface area (Å²) >= 11 is 12.8. The summed E-state index contributed by atoms with van der Waals surface area (Å²) in [6, 6.07) is 32.3. The number of hydrogen-bond acceptors (Lipinski definition) is 14. The van der Waals surface area contributed by atoms with Gasteiger partial charge in [-0.25, -0.2) is 9.44 Å². The Kier molecular flexibility index (Phi) is 19.1. The Morgan fingerprint density at radius 2 is 1.01 bits per heavy atom. The van der Waals surface area contributed by atoms with Crippen molar-refractivity contribution in [3.8, 4) is 11.5 Å². The number of aryl methyl sites for hydroxylation is 2. The van der Waals surface area contributed by atoms with Crippen molar-refractivity contribution in [2.45, 2.75) is 139 Å². The fourth-order valence-electron chi connectivity index (χ4n) is 15.7. The highest BCUT2D eigenvalue weighted by atomic mass is 35.5. The van der Waals surface area contributed by atoms with Gasteiger partial charge in [0.15, 0.2) is 0 Å². The number of ether oxygens (including phenoxy) is 2. The summed E-state index contributed by atoms with van der Waals surface area (Å²) in [7, 11) is -8.55. The number of fused-ring (bicyclic) bond motifs is 8. The molecule has 4 bridgehead atoms. The Labute approximate surface area is 561 Å². The Balaban J connectivity index is 0.000000171. The highest BCUT2D eigenvalue weighted by Gasteiger charge is 2.47.